The lowest BCUT2D eigenvalue weighted by Crippen LogP contribution is -2.22. The Bertz CT molecular complexity index is 1010. The van der Waals surface area contributed by atoms with Gasteiger partial charge in [0, 0.05) is 22.7 Å². The summed E-state index contributed by atoms with van der Waals surface area (Å²) in [5.74, 6) is 2.22. The third-order valence-electron chi connectivity index (χ3n) is 4.41. The molecule has 1 aromatic carbocycles. The Labute approximate surface area is 161 Å². The molecule has 0 bridgehead atoms. The van der Waals surface area contributed by atoms with Crippen molar-refractivity contribution in [3.63, 3.8) is 0 Å². The number of nitrogens with zero attached hydrogens (tertiary/aromatic N) is 2. The summed E-state index contributed by atoms with van der Waals surface area (Å²) in [7, 11) is 3.30. The average molecular weight is 391 g/mol. The second kappa shape index (κ2) is 7.72. The lowest BCUT2D eigenvalue weighted by Gasteiger charge is -2.12. The smallest absolute Gasteiger partial charge is 0.263 e. The number of rotatable bonds is 6. The van der Waals surface area contributed by atoms with E-state index in [1.807, 2.05) is 39.0 Å². The van der Waals surface area contributed by atoms with Crippen LogP contribution in [-0.4, -0.2) is 23.8 Å². The Balaban J connectivity index is 2.00. The van der Waals surface area contributed by atoms with E-state index in [1.165, 1.54) is 0 Å². The lowest BCUT2D eigenvalue weighted by atomic mass is 10.2. The van der Waals surface area contributed by atoms with Crippen molar-refractivity contribution in [3.8, 4) is 11.5 Å². The Morgan fingerprint density at radius 2 is 2.00 bits per heavy atom. The highest BCUT2D eigenvalue weighted by Gasteiger charge is 2.16. The van der Waals surface area contributed by atoms with E-state index in [4.69, 9.17) is 14.5 Å². The van der Waals surface area contributed by atoms with Crippen LogP contribution < -0.4 is 15.0 Å². The van der Waals surface area contributed by atoms with Gasteiger partial charge in [0.05, 0.1) is 19.6 Å². The van der Waals surface area contributed by atoms with Crippen molar-refractivity contribution in [1.29, 1.82) is 0 Å². The number of aryl methyl sites for hydroxylation is 2. The van der Waals surface area contributed by atoms with Crippen LogP contribution >= 0.6 is 23.1 Å². The molecule has 2 aromatic heterocycles. The minimum atomic E-state index is 0.0412. The molecule has 0 fully saturated rings. The van der Waals surface area contributed by atoms with Crippen LogP contribution in [0.4, 0.5) is 0 Å². The highest BCUT2D eigenvalue weighted by atomic mass is 32.2. The number of aromatic nitrogens is 2. The molecule has 0 unspecified atom stereocenters. The van der Waals surface area contributed by atoms with Crippen LogP contribution in [0.3, 0.4) is 0 Å². The molecule has 3 aromatic rings. The molecule has 0 amide bonds. The molecule has 0 saturated carbocycles. The molecule has 2 heterocycles. The third kappa shape index (κ3) is 3.33. The van der Waals surface area contributed by atoms with E-state index in [1.54, 1.807) is 41.9 Å². The summed E-state index contributed by atoms with van der Waals surface area (Å²) in [6.07, 6.45) is 0. The number of thioether (sulfide) groups is 1. The average Bonchev–Trinajstić information content (AvgIpc) is 2.93. The van der Waals surface area contributed by atoms with Crippen molar-refractivity contribution in [1.82, 2.24) is 9.55 Å². The second-order valence-electron chi connectivity index (χ2n) is 5.87. The van der Waals surface area contributed by atoms with Crippen LogP contribution in [0.2, 0.25) is 0 Å². The number of methoxy groups -OCH3 is 2. The van der Waals surface area contributed by atoms with Crippen LogP contribution in [0.5, 0.6) is 11.5 Å². The van der Waals surface area contributed by atoms with Crippen LogP contribution in [-0.2, 0) is 12.3 Å². The Hall–Kier alpha value is -1.99. The molecule has 0 N–H and O–H groups in total. The number of benzene rings is 1. The van der Waals surface area contributed by atoms with Crippen molar-refractivity contribution < 1.29 is 9.47 Å². The highest BCUT2D eigenvalue weighted by molar-refractivity contribution is 7.98. The molecule has 3 rings (SSSR count). The molecule has 0 aliphatic heterocycles. The Kier molecular flexibility index (Phi) is 5.58. The molecule has 5 nitrogen and oxygen atoms in total. The number of fused-ring (bicyclic) bond motifs is 1. The van der Waals surface area contributed by atoms with E-state index in [0.29, 0.717) is 12.3 Å². The van der Waals surface area contributed by atoms with Crippen LogP contribution in [0.25, 0.3) is 10.2 Å². The topological polar surface area (TPSA) is 53.4 Å². The maximum atomic E-state index is 12.9. The molecular weight excluding hydrogens is 368 g/mol. The number of hydrogen-bond acceptors (Lipinski definition) is 6. The number of ether oxygens (including phenoxy) is 2. The fourth-order valence-corrected chi connectivity index (χ4v) is 4.95. The molecular formula is C19H22N2O3S2. The van der Waals surface area contributed by atoms with Crippen molar-refractivity contribution >= 4 is 33.3 Å². The van der Waals surface area contributed by atoms with Gasteiger partial charge in [-0.3, -0.25) is 9.36 Å². The van der Waals surface area contributed by atoms with E-state index >= 15 is 0 Å². The van der Waals surface area contributed by atoms with E-state index in [2.05, 4.69) is 0 Å². The Morgan fingerprint density at radius 3 is 2.65 bits per heavy atom. The van der Waals surface area contributed by atoms with Gasteiger partial charge in [-0.2, -0.15) is 0 Å². The second-order valence-corrected chi connectivity index (χ2v) is 8.02. The summed E-state index contributed by atoms with van der Waals surface area (Å²) < 4.78 is 12.5. The van der Waals surface area contributed by atoms with Crippen LogP contribution in [0.15, 0.2) is 28.2 Å². The zero-order valence-corrected chi connectivity index (χ0v) is 17.2. The summed E-state index contributed by atoms with van der Waals surface area (Å²) in [5, 5.41) is 1.48. The van der Waals surface area contributed by atoms with Gasteiger partial charge in [-0.1, -0.05) is 11.8 Å². The Morgan fingerprint density at radius 1 is 1.23 bits per heavy atom. The molecule has 0 radical (unpaired) electrons. The molecule has 26 heavy (non-hydrogen) atoms. The van der Waals surface area contributed by atoms with Gasteiger partial charge in [0.2, 0.25) is 0 Å². The van der Waals surface area contributed by atoms with Gasteiger partial charge in [0.15, 0.2) is 5.16 Å². The molecule has 0 saturated heterocycles. The maximum Gasteiger partial charge on any atom is 0.263 e. The summed E-state index contributed by atoms with van der Waals surface area (Å²) in [6, 6.07) is 5.72. The largest absolute Gasteiger partial charge is 0.497 e. The minimum absolute atomic E-state index is 0.0412. The van der Waals surface area contributed by atoms with E-state index < -0.39 is 0 Å². The number of hydrogen-bond donors (Lipinski definition) is 0. The van der Waals surface area contributed by atoms with Crippen molar-refractivity contribution in [2.24, 2.45) is 0 Å². The van der Waals surface area contributed by atoms with Crippen LogP contribution in [0.1, 0.15) is 22.9 Å². The van der Waals surface area contributed by atoms with Gasteiger partial charge < -0.3 is 9.47 Å². The third-order valence-corrected chi connectivity index (χ3v) is 6.54. The van der Waals surface area contributed by atoms with Crippen LogP contribution in [0, 0.1) is 13.8 Å². The maximum absolute atomic E-state index is 12.9. The van der Waals surface area contributed by atoms with E-state index in [0.717, 1.165) is 42.9 Å². The van der Waals surface area contributed by atoms with Gasteiger partial charge >= 0.3 is 0 Å². The summed E-state index contributed by atoms with van der Waals surface area (Å²) in [5.41, 5.74) is 2.09. The zero-order valence-electron chi connectivity index (χ0n) is 15.6. The normalized spacial score (nSPS) is 11.1. The lowest BCUT2D eigenvalue weighted by molar-refractivity contribution is 0.400. The fraction of sp³-hybridized carbons (Fsp3) is 0.368. The predicted octanol–water partition coefficient (Wildman–Crippen LogP) is 4.40. The summed E-state index contributed by atoms with van der Waals surface area (Å²) in [6.45, 7) is 6.59. The van der Waals surface area contributed by atoms with Crippen molar-refractivity contribution in [3.05, 3.63) is 44.6 Å². The first-order valence-electron chi connectivity index (χ1n) is 8.34. The van der Waals surface area contributed by atoms with E-state index in [-0.39, 0.29) is 5.56 Å². The predicted molar refractivity (Wildman–Crippen MR) is 108 cm³/mol. The first-order valence-corrected chi connectivity index (χ1v) is 10.1. The molecule has 0 atom stereocenters. The number of thiophene rings is 1. The zero-order chi connectivity index (χ0) is 18.8. The molecule has 138 valence electrons. The molecule has 0 spiro atoms. The molecule has 7 heteroatoms. The summed E-state index contributed by atoms with van der Waals surface area (Å²) in [4.78, 5) is 19.7. The first kappa shape index (κ1) is 18.8. The van der Waals surface area contributed by atoms with Crippen molar-refractivity contribution in [2.75, 3.05) is 14.2 Å². The molecule has 0 aliphatic rings. The first-order chi connectivity index (χ1) is 12.5. The highest BCUT2D eigenvalue weighted by Crippen LogP contribution is 2.32. The van der Waals surface area contributed by atoms with E-state index in [9.17, 15) is 4.79 Å². The fourth-order valence-electron chi connectivity index (χ4n) is 2.83. The van der Waals surface area contributed by atoms with Gasteiger partial charge in [0.1, 0.15) is 16.3 Å². The standard InChI is InChI=1S/C19H22N2O3S2/c1-6-21-18(22)16-11(2)12(3)26-17(16)20-19(21)25-10-13-9-14(23-4)7-8-15(13)24-5/h7-9H,6,10H2,1-5H3. The minimum Gasteiger partial charge on any atom is -0.497 e. The summed E-state index contributed by atoms with van der Waals surface area (Å²) >= 11 is 3.12. The SMILES string of the molecule is CCn1c(SCc2cc(OC)ccc2OC)nc2sc(C)c(C)c2c1=O. The van der Waals surface area contributed by atoms with Crippen molar-refractivity contribution in [2.45, 2.75) is 38.2 Å². The van der Waals surface area contributed by atoms with Gasteiger partial charge in [-0.25, -0.2) is 4.98 Å². The quantitative estimate of drug-likeness (QED) is 0.461. The van der Waals surface area contributed by atoms with Gasteiger partial charge in [0.25, 0.3) is 5.56 Å². The monoisotopic (exact) mass is 390 g/mol. The van der Waals surface area contributed by atoms with Gasteiger partial charge in [-0.05, 0) is 44.5 Å². The molecule has 0 aliphatic carbocycles. The van der Waals surface area contributed by atoms with Gasteiger partial charge in [-0.15, -0.1) is 11.3 Å².